The van der Waals surface area contributed by atoms with Crippen molar-refractivity contribution in [3.63, 3.8) is 0 Å². The zero-order valence-corrected chi connectivity index (χ0v) is 5.39. The molecule has 0 rings (SSSR count). The molecular weight excluding hydrogens is 100 g/mol. The molecule has 2 heteroatoms. The number of hydrogen-bond acceptors (Lipinski definition) is 2. The number of nitrogens with two attached hydrogens (primary N) is 1. The van der Waals surface area contributed by atoms with Crippen LogP contribution in [0.15, 0.2) is 16.8 Å². The van der Waals surface area contributed by atoms with E-state index in [0.717, 1.165) is 6.42 Å². The van der Waals surface area contributed by atoms with Crippen molar-refractivity contribution in [3.8, 4) is 0 Å². The topological polar surface area (TPSA) is 38.4 Å². The van der Waals surface area contributed by atoms with Gasteiger partial charge in [-0.1, -0.05) is 13.0 Å². The molecule has 0 unspecified atom stereocenters. The first-order valence-corrected chi connectivity index (χ1v) is 2.73. The van der Waals surface area contributed by atoms with Crippen LogP contribution < -0.4 is 5.84 Å². The van der Waals surface area contributed by atoms with Gasteiger partial charge in [0.05, 0.1) is 0 Å². The predicted molar refractivity (Wildman–Crippen MR) is 36.7 cm³/mol. The monoisotopic (exact) mass is 112 g/mol. The number of allylic oxidation sites excluding steroid dienone is 2. The van der Waals surface area contributed by atoms with Gasteiger partial charge < -0.3 is 5.84 Å². The van der Waals surface area contributed by atoms with E-state index in [0.29, 0.717) is 0 Å². The summed E-state index contributed by atoms with van der Waals surface area (Å²) >= 11 is 0. The molecule has 0 aliphatic heterocycles. The van der Waals surface area contributed by atoms with Crippen molar-refractivity contribution in [2.75, 3.05) is 0 Å². The highest BCUT2D eigenvalue weighted by atomic mass is 15.1. The Morgan fingerprint density at radius 1 is 1.75 bits per heavy atom. The van der Waals surface area contributed by atoms with Crippen LogP contribution in [-0.4, -0.2) is 6.21 Å². The zero-order valence-electron chi connectivity index (χ0n) is 5.39. The number of hydrogen-bond donors (Lipinski definition) is 1. The molecule has 0 atom stereocenters. The van der Waals surface area contributed by atoms with Crippen LogP contribution in [0, 0.1) is 0 Å². The van der Waals surface area contributed by atoms with Crippen LogP contribution in [0.2, 0.25) is 0 Å². The fraction of sp³-hybridized carbons (Fsp3) is 0.500. The minimum absolute atomic E-state index is 0.997. The molecule has 0 fully saturated rings. The van der Waals surface area contributed by atoms with Gasteiger partial charge in [-0.25, -0.2) is 0 Å². The standard InChI is InChI=1S/C6H12N2/c1-3-6(4-2)5-8-7/h3,5H,4,7H2,1-2H3/b6-3+,8-5-. The molecule has 0 bridgehead atoms. The van der Waals surface area contributed by atoms with Gasteiger partial charge in [-0.05, 0) is 18.9 Å². The molecule has 0 aliphatic carbocycles. The van der Waals surface area contributed by atoms with Crippen molar-refractivity contribution in [2.24, 2.45) is 10.9 Å². The molecule has 0 saturated heterocycles. The lowest BCUT2D eigenvalue weighted by atomic mass is 10.2. The maximum Gasteiger partial charge on any atom is 0.0494 e. The molecule has 0 aromatic rings. The van der Waals surface area contributed by atoms with Crippen molar-refractivity contribution in [2.45, 2.75) is 20.3 Å². The second kappa shape index (κ2) is 4.37. The Hall–Kier alpha value is -0.790. The maximum atomic E-state index is 4.91. The van der Waals surface area contributed by atoms with Crippen LogP contribution in [0.25, 0.3) is 0 Å². The summed E-state index contributed by atoms with van der Waals surface area (Å²) in [6.45, 7) is 4.04. The van der Waals surface area contributed by atoms with Crippen LogP contribution in [0.4, 0.5) is 0 Å². The summed E-state index contributed by atoms with van der Waals surface area (Å²) in [5.74, 6) is 4.91. The van der Waals surface area contributed by atoms with Crippen molar-refractivity contribution < 1.29 is 0 Å². The number of rotatable bonds is 2. The lowest BCUT2D eigenvalue weighted by Crippen LogP contribution is -1.86. The summed E-state index contributed by atoms with van der Waals surface area (Å²) in [7, 11) is 0. The Labute approximate surface area is 50.1 Å². The number of hydrazone groups is 1. The van der Waals surface area contributed by atoms with Gasteiger partial charge in [-0.3, -0.25) is 0 Å². The third kappa shape index (κ3) is 2.39. The van der Waals surface area contributed by atoms with Crippen molar-refractivity contribution in [1.29, 1.82) is 0 Å². The lowest BCUT2D eigenvalue weighted by molar-refractivity contribution is 1.16. The summed E-state index contributed by atoms with van der Waals surface area (Å²) < 4.78 is 0. The molecule has 8 heavy (non-hydrogen) atoms. The van der Waals surface area contributed by atoms with Gasteiger partial charge in [-0.2, -0.15) is 5.10 Å². The van der Waals surface area contributed by atoms with Crippen LogP contribution in [0.1, 0.15) is 20.3 Å². The fourth-order valence-electron chi connectivity index (χ4n) is 0.466. The summed E-state index contributed by atoms with van der Waals surface area (Å²) in [4.78, 5) is 0. The van der Waals surface area contributed by atoms with E-state index in [1.54, 1.807) is 6.21 Å². The Kier molecular flexibility index (Phi) is 3.94. The quantitative estimate of drug-likeness (QED) is 0.326. The average molecular weight is 112 g/mol. The largest absolute Gasteiger partial charge is 0.323 e. The molecule has 0 aliphatic rings. The SMILES string of the molecule is C/C=C(/C=N\N)CC. The van der Waals surface area contributed by atoms with Gasteiger partial charge in [-0.15, -0.1) is 0 Å². The molecule has 0 saturated carbocycles. The van der Waals surface area contributed by atoms with Gasteiger partial charge in [0.2, 0.25) is 0 Å². The van der Waals surface area contributed by atoms with Gasteiger partial charge in [0.25, 0.3) is 0 Å². The van der Waals surface area contributed by atoms with Gasteiger partial charge in [0, 0.05) is 6.21 Å². The van der Waals surface area contributed by atoms with Gasteiger partial charge in [0.1, 0.15) is 0 Å². The average Bonchev–Trinajstić information content (AvgIpc) is 1.83. The van der Waals surface area contributed by atoms with Crippen LogP contribution in [-0.2, 0) is 0 Å². The summed E-state index contributed by atoms with van der Waals surface area (Å²) in [6.07, 6.45) is 4.66. The fourth-order valence-corrected chi connectivity index (χ4v) is 0.466. The molecule has 2 nitrogen and oxygen atoms in total. The van der Waals surface area contributed by atoms with Crippen molar-refractivity contribution >= 4 is 6.21 Å². The highest BCUT2D eigenvalue weighted by Crippen LogP contribution is 1.93. The van der Waals surface area contributed by atoms with E-state index in [-0.39, 0.29) is 0 Å². The maximum absolute atomic E-state index is 4.91. The minimum Gasteiger partial charge on any atom is -0.323 e. The van der Waals surface area contributed by atoms with Crippen molar-refractivity contribution in [3.05, 3.63) is 11.6 Å². The molecule has 0 aromatic heterocycles. The summed E-state index contributed by atoms with van der Waals surface area (Å²) in [5.41, 5.74) is 1.17. The Bertz CT molecular complexity index is 100. The highest BCUT2D eigenvalue weighted by Gasteiger charge is 1.81. The lowest BCUT2D eigenvalue weighted by Gasteiger charge is -1.88. The smallest absolute Gasteiger partial charge is 0.0494 e. The normalized spacial score (nSPS) is 13.0. The highest BCUT2D eigenvalue weighted by molar-refractivity contribution is 5.77. The second-order valence-electron chi connectivity index (χ2n) is 1.50. The summed E-state index contributed by atoms with van der Waals surface area (Å²) in [6, 6.07) is 0. The molecule has 0 heterocycles. The third-order valence-corrected chi connectivity index (χ3v) is 1.02. The van der Waals surface area contributed by atoms with Crippen molar-refractivity contribution in [1.82, 2.24) is 0 Å². The molecular formula is C6H12N2. The first kappa shape index (κ1) is 7.21. The second-order valence-corrected chi connectivity index (χ2v) is 1.50. The molecule has 0 amide bonds. The zero-order chi connectivity index (χ0) is 6.41. The molecule has 2 N–H and O–H groups in total. The van der Waals surface area contributed by atoms with E-state index in [4.69, 9.17) is 5.84 Å². The van der Waals surface area contributed by atoms with Gasteiger partial charge >= 0.3 is 0 Å². The van der Waals surface area contributed by atoms with Crippen LogP contribution in [0.3, 0.4) is 0 Å². The molecule has 0 radical (unpaired) electrons. The number of nitrogens with zero attached hydrogens (tertiary/aromatic N) is 1. The van der Waals surface area contributed by atoms with E-state index in [2.05, 4.69) is 12.0 Å². The van der Waals surface area contributed by atoms with E-state index in [1.165, 1.54) is 5.57 Å². The van der Waals surface area contributed by atoms with E-state index < -0.39 is 0 Å². The Morgan fingerprint density at radius 2 is 2.38 bits per heavy atom. The Balaban J connectivity index is 3.72. The third-order valence-electron chi connectivity index (χ3n) is 1.02. The van der Waals surface area contributed by atoms with E-state index >= 15 is 0 Å². The summed E-state index contributed by atoms with van der Waals surface area (Å²) in [5, 5.41) is 3.38. The van der Waals surface area contributed by atoms with E-state index in [1.807, 2.05) is 13.0 Å². The van der Waals surface area contributed by atoms with Crippen LogP contribution >= 0.6 is 0 Å². The minimum atomic E-state index is 0.997. The van der Waals surface area contributed by atoms with E-state index in [9.17, 15) is 0 Å². The predicted octanol–water partition coefficient (Wildman–Crippen LogP) is 1.29. The van der Waals surface area contributed by atoms with Crippen LogP contribution in [0.5, 0.6) is 0 Å². The first-order chi connectivity index (χ1) is 3.85. The molecule has 0 aromatic carbocycles. The molecule has 0 spiro atoms. The molecule has 46 valence electrons. The van der Waals surface area contributed by atoms with Gasteiger partial charge in [0.15, 0.2) is 0 Å². The first-order valence-electron chi connectivity index (χ1n) is 2.73. The Morgan fingerprint density at radius 3 is 2.50 bits per heavy atom.